The van der Waals surface area contributed by atoms with Gasteiger partial charge in [0, 0.05) is 6.54 Å². The number of hydrogen-bond donors (Lipinski definition) is 2. The Morgan fingerprint density at radius 2 is 1.80 bits per heavy atom. The maximum Gasteiger partial charge on any atom is 0.524 e. The van der Waals surface area contributed by atoms with Crippen molar-refractivity contribution in [1.29, 1.82) is 0 Å². The molecule has 1 heterocycles. The van der Waals surface area contributed by atoms with Gasteiger partial charge in [0.15, 0.2) is 0 Å². The van der Waals surface area contributed by atoms with Crippen LogP contribution in [0, 0.1) is 0 Å². The first kappa shape index (κ1) is 23.5. The van der Waals surface area contributed by atoms with E-state index < -0.39 is 52.9 Å². The Balaban J connectivity index is 2.31. The van der Waals surface area contributed by atoms with Crippen LogP contribution < -0.4 is 5.32 Å². The zero-order valence-electron chi connectivity index (χ0n) is 17.6. The minimum absolute atomic E-state index is 0.00614. The molecule has 1 unspecified atom stereocenters. The third-order valence-electron chi connectivity index (χ3n) is 4.72. The highest BCUT2D eigenvalue weighted by Crippen LogP contribution is 2.26. The van der Waals surface area contributed by atoms with Gasteiger partial charge < -0.3 is 19.9 Å². The smallest absolute Gasteiger partial charge is 0.481 e. The highest BCUT2D eigenvalue weighted by atomic mass is 16.6. The van der Waals surface area contributed by atoms with Gasteiger partial charge in [-0.05, 0) is 26.3 Å². The van der Waals surface area contributed by atoms with Crippen LogP contribution in [-0.4, -0.2) is 64.8 Å². The number of nitrogens with one attached hydrogen (secondary N) is 1. The molecule has 1 saturated heterocycles. The van der Waals surface area contributed by atoms with Crippen molar-refractivity contribution < 1.29 is 38.2 Å². The maximum absolute atomic E-state index is 13.2. The zero-order valence-corrected chi connectivity index (χ0v) is 17.6. The Morgan fingerprint density at radius 1 is 1.13 bits per heavy atom. The number of imide groups is 1. The third kappa shape index (κ3) is 5.87. The van der Waals surface area contributed by atoms with Crippen molar-refractivity contribution in [2.75, 3.05) is 19.6 Å². The van der Waals surface area contributed by atoms with E-state index in [1.165, 1.54) is 0 Å². The number of piperazine rings is 1. The summed E-state index contributed by atoms with van der Waals surface area (Å²) in [4.78, 5) is 50.2. The molecule has 164 valence electrons. The predicted molar refractivity (Wildman–Crippen MR) is 106 cm³/mol. The number of carbonyl (C=O) groups is 4. The summed E-state index contributed by atoms with van der Waals surface area (Å²) in [6.07, 6.45) is -1.71. The van der Waals surface area contributed by atoms with Crippen molar-refractivity contribution in [3.63, 3.8) is 0 Å². The van der Waals surface area contributed by atoms with Crippen LogP contribution >= 0.6 is 0 Å². The van der Waals surface area contributed by atoms with Crippen molar-refractivity contribution >= 4 is 23.9 Å². The van der Waals surface area contributed by atoms with Crippen molar-refractivity contribution in [3.8, 4) is 0 Å². The Morgan fingerprint density at radius 3 is 2.40 bits per heavy atom. The second-order valence-electron chi connectivity index (χ2n) is 8.17. The maximum atomic E-state index is 13.2. The Hall–Kier alpha value is -2.78. The van der Waals surface area contributed by atoms with Crippen molar-refractivity contribution in [1.82, 2.24) is 5.32 Å². The highest BCUT2D eigenvalue weighted by Gasteiger charge is 2.58. The molecule has 2 atom stereocenters. The molecule has 1 aliphatic rings. The lowest BCUT2D eigenvalue weighted by atomic mass is 10.1. The predicted octanol–water partition coefficient (Wildman–Crippen LogP) is 1.84. The molecule has 0 bridgehead atoms. The Labute approximate surface area is 175 Å². The fourth-order valence-electron chi connectivity index (χ4n) is 3.27. The van der Waals surface area contributed by atoms with Crippen LogP contribution in [0.3, 0.4) is 0 Å². The summed E-state index contributed by atoms with van der Waals surface area (Å²) in [5.41, 5.74) is -0.124. The number of aliphatic carboxylic acids is 1. The molecule has 2 amide bonds. The van der Waals surface area contributed by atoms with Gasteiger partial charge in [-0.25, -0.2) is 9.59 Å². The lowest BCUT2D eigenvalue weighted by Gasteiger charge is -2.41. The number of amides is 2. The number of nitrogens with zero attached hydrogens (tertiary/aromatic N) is 1. The number of rotatable bonds is 6. The molecule has 30 heavy (non-hydrogen) atoms. The summed E-state index contributed by atoms with van der Waals surface area (Å²) in [6.45, 7) is 5.27. The van der Waals surface area contributed by atoms with Gasteiger partial charge >= 0.3 is 23.9 Å². The Bertz CT molecular complexity index is 788. The number of carbonyl (C=O) groups excluding carboxylic acids is 3. The minimum atomic E-state index is -1.17. The van der Waals surface area contributed by atoms with Crippen LogP contribution in [-0.2, 0) is 30.5 Å². The molecule has 1 fully saturated rings. The first-order valence-corrected chi connectivity index (χ1v) is 9.84. The molecule has 0 saturated carbocycles. The van der Waals surface area contributed by atoms with Crippen molar-refractivity contribution in [2.45, 2.75) is 51.9 Å². The normalized spacial score (nSPS) is 21.5. The summed E-state index contributed by atoms with van der Waals surface area (Å²) in [5.74, 6) is -2.56. The van der Waals surface area contributed by atoms with Gasteiger partial charge in [-0.2, -0.15) is 4.79 Å². The van der Waals surface area contributed by atoms with Crippen LogP contribution in [0.2, 0.25) is 0 Å². The van der Waals surface area contributed by atoms with E-state index in [0.717, 1.165) is 5.56 Å². The number of carboxylic acid groups (broad SMARTS) is 1. The number of quaternary nitrogens is 1. The summed E-state index contributed by atoms with van der Waals surface area (Å²) in [7, 11) is 0. The van der Waals surface area contributed by atoms with E-state index in [-0.39, 0.29) is 19.7 Å². The summed E-state index contributed by atoms with van der Waals surface area (Å²) < 4.78 is 9.98. The highest BCUT2D eigenvalue weighted by molar-refractivity contribution is 5.88. The van der Waals surface area contributed by atoms with Crippen LogP contribution in [0.15, 0.2) is 30.3 Å². The fourth-order valence-corrected chi connectivity index (χ4v) is 3.27. The van der Waals surface area contributed by atoms with E-state index in [2.05, 4.69) is 5.32 Å². The van der Waals surface area contributed by atoms with Gasteiger partial charge in [0.2, 0.25) is 6.04 Å². The molecule has 0 aliphatic carbocycles. The van der Waals surface area contributed by atoms with Crippen LogP contribution in [0.1, 0.15) is 39.2 Å². The van der Waals surface area contributed by atoms with Crippen LogP contribution in [0.25, 0.3) is 0 Å². The molecule has 0 radical (unpaired) electrons. The summed E-state index contributed by atoms with van der Waals surface area (Å²) in [5, 5.41) is 12.0. The van der Waals surface area contributed by atoms with Crippen LogP contribution in [0.5, 0.6) is 0 Å². The molecule has 1 aromatic carbocycles. The Kier molecular flexibility index (Phi) is 7.69. The second-order valence-corrected chi connectivity index (χ2v) is 8.17. The van der Waals surface area contributed by atoms with E-state index in [1.807, 2.05) is 18.2 Å². The molecular weight excluding hydrogens is 392 g/mol. The largest absolute Gasteiger partial charge is 0.524 e. The zero-order chi connectivity index (χ0) is 22.4. The van der Waals surface area contributed by atoms with Crippen molar-refractivity contribution in [3.05, 3.63) is 35.9 Å². The number of carboxylic acids is 1. The monoisotopic (exact) mass is 421 g/mol. The van der Waals surface area contributed by atoms with E-state index >= 15 is 0 Å². The molecule has 9 nitrogen and oxygen atoms in total. The van der Waals surface area contributed by atoms with Gasteiger partial charge in [0.1, 0.15) is 18.8 Å². The fraction of sp³-hybridized carbons (Fsp3) is 0.524. The van der Waals surface area contributed by atoms with E-state index in [4.69, 9.17) is 14.6 Å². The molecule has 1 aromatic rings. The first-order valence-electron chi connectivity index (χ1n) is 9.84. The van der Waals surface area contributed by atoms with Gasteiger partial charge in [-0.3, -0.25) is 4.79 Å². The SMILES string of the molecule is CC(C)(C)OC(=O)[N@@+]1(C(=O)CCC(=O)O)CCNCC1C(=O)OCc1ccccc1. The third-order valence-corrected chi connectivity index (χ3v) is 4.72. The van der Waals surface area contributed by atoms with Gasteiger partial charge in [0.25, 0.3) is 0 Å². The quantitative estimate of drug-likeness (QED) is 0.528. The topological polar surface area (TPSA) is 119 Å². The van der Waals surface area contributed by atoms with Crippen molar-refractivity contribution in [2.24, 2.45) is 0 Å². The van der Waals surface area contributed by atoms with Crippen LogP contribution in [0.4, 0.5) is 4.79 Å². The molecule has 2 N–H and O–H groups in total. The minimum Gasteiger partial charge on any atom is -0.481 e. The average molecular weight is 421 g/mol. The summed E-state index contributed by atoms with van der Waals surface area (Å²) >= 11 is 0. The number of hydrogen-bond acceptors (Lipinski definition) is 7. The van der Waals surface area contributed by atoms with Gasteiger partial charge in [0.05, 0.1) is 19.4 Å². The standard InChI is InChI=1S/C21H28N2O7/c1-21(2,3)30-20(28)23(17(24)9-10-18(25)26)12-11-22-13-16(23)19(27)29-14-15-7-5-4-6-8-15/h4-8,16,22H,9-14H2,1-3H3/p+1/t16?,23-/m0/s1. The lowest BCUT2D eigenvalue weighted by Crippen LogP contribution is -2.73. The lowest BCUT2D eigenvalue weighted by molar-refractivity contribution is -0.804. The van der Waals surface area contributed by atoms with E-state index in [0.29, 0.717) is 6.54 Å². The molecule has 2 rings (SSSR count). The number of benzene rings is 1. The molecule has 9 heteroatoms. The number of esters is 1. The molecule has 1 aliphatic heterocycles. The van der Waals surface area contributed by atoms with Gasteiger partial charge in [-0.15, -0.1) is 4.48 Å². The van der Waals surface area contributed by atoms with E-state index in [9.17, 15) is 19.2 Å². The molecule has 0 spiro atoms. The van der Waals surface area contributed by atoms with Gasteiger partial charge in [-0.1, -0.05) is 30.3 Å². The summed E-state index contributed by atoms with van der Waals surface area (Å²) in [6, 6.07) is 7.87. The van der Waals surface area contributed by atoms with E-state index in [1.54, 1.807) is 32.9 Å². The number of ether oxygens (including phenoxy) is 2. The second kappa shape index (κ2) is 9.82. The average Bonchev–Trinajstić information content (AvgIpc) is 2.69. The molecule has 0 aromatic heterocycles. The first-order chi connectivity index (χ1) is 14.1. The molecular formula is C21H29N2O7+.